The summed E-state index contributed by atoms with van der Waals surface area (Å²) >= 11 is 0. The van der Waals surface area contributed by atoms with E-state index >= 15 is 0 Å². The van der Waals surface area contributed by atoms with Crippen LogP contribution in [-0.4, -0.2) is 22.7 Å². The SMILES string of the molecule is Cc1cc2c(C=C3C(=O)OC(C)(C)OC3=O)cccc2[nH]1. The van der Waals surface area contributed by atoms with Crippen LogP contribution in [0.2, 0.25) is 0 Å². The summed E-state index contributed by atoms with van der Waals surface area (Å²) in [6.45, 7) is 4.99. The third-order valence-corrected chi connectivity index (χ3v) is 3.25. The van der Waals surface area contributed by atoms with Crippen molar-refractivity contribution in [3.8, 4) is 0 Å². The fourth-order valence-electron chi connectivity index (χ4n) is 2.38. The molecule has 5 nitrogen and oxygen atoms in total. The maximum Gasteiger partial charge on any atom is 0.348 e. The second-order valence-corrected chi connectivity index (χ2v) is 5.50. The zero-order valence-electron chi connectivity index (χ0n) is 12.0. The van der Waals surface area contributed by atoms with Gasteiger partial charge >= 0.3 is 11.9 Å². The first-order valence-electron chi connectivity index (χ1n) is 6.62. The van der Waals surface area contributed by atoms with E-state index in [9.17, 15) is 9.59 Å². The molecule has 0 unspecified atom stereocenters. The molecule has 1 fully saturated rings. The number of fused-ring (bicyclic) bond motifs is 1. The van der Waals surface area contributed by atoms with Gasteiger partial charge in [-0.2, -0.15) is 0 Å². The number of aromatic nitrogens is 1. The fraction of sp³-hybridized carbons (Fsp3) is 0.250. The highest BCUT2D eigenvalue weighted by Gasteiger charge is 2.38. The van der Waals surface area contributed by atoms with Crippen LogP contribution in [0.5, 0.6) is 0 Å². The van der Waals surface area contributed by atoms with E-state index in [0.717, 1.165) is 22.2 Å². The predicted molar refractivity (Wildman–Crippen MR) is 77.3 cm³/mol. The van der Waals surface area contributed by atoms with E-state index in [1.807, 2.05) is 31.2 Å². The average molecular weight is 285 g/mol. The molecule has 1 saturated heterocycles. The van der Waals surface area contributed by atoms with Crippen molar-refractivity contribution in [1.82, 2.24) is 4.98 Å². The molecule has 1 aromatic carbocycles. The van der Waals surface area contributed by atoms with Crippen LogP contribution >= 0.6 is 0 Å². The minimum Gasteiger partial charge on any atom is -0.419 e. The second kappa shape index (κ2) is 4.48. The minimum atomic E-state index is -1.22. The van der Waals surface area contributed by atoms with Crippen molar-refractivity contribution in [1.29, 1.82) is 0 Å². The summed E-state index contributed by atoms with van der Waals surface area (Å²) in [5.74, 6) is -2.55. The Labute approximate surface area is 121 Å². The molecule has 1 N–H and O–H groups in total. The van der Waals surface area contributed by atoms with E-state index in [4.69, 9.17) is 9.47 Å². The molecule has 1 aliphatic rings. The molecule has 5 heteroatoms. The van der Waals surface area contributed by atoms with Gasteiger partial charge in [-0.05, 0) is 30.7 Å². The smallest absolute Gasteiger partial charge is 0.348 e. The van der Waals surface area contributed by atoms with E-state index in [1.165, 1.54) is 19.9 Å². The number of hydrogen-bond acceptors (Lipinski definition) is 4. The summed E-state index contributed by atoms with van der Waals surface area (Å²) in [5.41, 5.74) is 2.62. The molecule has 2 aromatic rings. The Hall–Kier alpha value is -2.56. The highest BCUT2D eigenvalue weighted by Crippen LogP contribution is 2.27. The molecule has 2 heterocycles. The predicted octanol–water partition coefficient (Wildman–Crippen LogP) is 2.70. The Kier molecular flexibility index (Phi) is 2.86. The standard InChI is InChI=1S/C16H15NO4/c1-9-7-11-10(5-4-6-13(11)17-9)8-12-14(18)20-16(2,3)21-15(12)19/h4-8,17H,1-3H3. The van der Waals surface area contributed by atoms with Crippen molar-refractivity contribution in [3.63, 3.8) is 0 Å². The number of nitrogens with one attached hydrogen (secondary N) is 1. The van der Waals surface area contributed by atoms with Gasteiger partial charge in [-0.15, -0.1) is 0 Å². The van der Waals surface area contributed by atoms with Crippen LogP contribution in [0.1, 0.15) is 25.1 Å². The van der Waals surface area contributed by atoms with Crippen LogP contribution in [0, 0.1) is 6.92 Å². The molecule has 3 rings (SSSR count). The third kappa shape index (κ3) is 2.42. The molecule has 0 saturated carbocycles. The lowest BCUT2D eigenvalue weighted by molar-refractivity contribution is -0.222. The second-order valence-electron chi connectivity index (χ2n) is 5.50. The normalized spacial score (nSPS) is 17.6. The largest absolute Gasteiger partial charge is 0.419 e. The van der Waals surface area contributed by atoms with Crippen LogP contribution in [0.15, 0.2) is 29.8 Å². The zero-order chi connectivity index (χ0) is 15.2. The van der Waals surface area contributed by atoms with E-state index in [0.29, 0.717) is 0 Å². The van der Waals surface area contributed by atoms with E-state index in [2.05, 4.69) is 4.98 Å². The first-order chi connectivity index (χ1) is 9.85. The van der Waals surface area contributed by atoms with Gasteiger partial charge < -0.3 is 14.5 Å². The van der Waals surface area contributed by atoms with Gasteiger partial charge in [-0.1, -0.05) is 12.1 Å². The van der Waals surface area contributed by atoms with E-state index in [-0.39, 0.29) is 5.57 Å². The summed E-state index contributed by atoms with van der Waals surface area (Å²) in [6.07, 6.45) is 1.51. The highest BCUT2D eigenvalue weighted by molar-refractivity contribution is 6.19. The van der Waals surface area contributed by atoms with Gasteiger partial charge in [-0.3, -0.25) is 0 Å². The maximum atomic E-state index is 12.0. The lowest BCUT2D eigenvalue weighted by Gasteiger charge is -2.29. The molecule has 0 atom stereocenters. The number of benzene rings is 1. The van der Waals surface area contributed by atoms with Gasteiger partial charge in [0.1, 0.15) is 5.57 Å². The molecule has 108 valence electrons. The maximum absolute atomic E-state index is 12.0. The average Bonchev–Trinajstić information content (AvgIpc) is 2.73. The van der Waals surface area contributed by atoms with Crippen molar-refractivity contribution in [2.75, 3.05) is 0 Å². The molecule has 0 amide bonds. The Bertz CT molecular complexity index is 761. The number of cyclic esters (lactones) is 2. The van der Waals surface area contributed by atoms with Crippen LogP contribution < -0.4 is 0 Å². The summed E-state index contributed by atoms with van der Waals surface area (Å²) in [4.78, 5) is 27.1. The number of aryl methyl sites for hydroxylation is 1. The molecule has 1 aliphatic heterocycles. The fourth-order valence-corrected chi connectivity index (χ4v) is 2.38. The Morgan fingerprint density at radius 2 is 1.81 bits per heavy atom. The molecule has 1 aromatic heterocycles. The van der Waals surface area contributed by atoms with Crippen molar-refractivity contribution >= 4 is 28.9 Å². The summed E-state index contributed by atoms with van der Waals surface area (Å²) in [7, 11) is 0. The molecule has 0 radical (unpaired) electrons. The van der Waals surface area contributed by atoms with E-state index in [1.54, 1.807) is 0 Å². The molecular formula is C16H15NO4. The Balaban J connectivity index is 2.08. The Morgan fingerprint density at radius 1 is 1.14 bits per heavy atom. The number of esters is 2. The van der Waals surface area contributed by atoms with Gasteiger partial charge in [0.15, 0.2) is 0 Å². The minimum absolute atomic E-state index is 0.0966. The number of aromatic amines is 1. The number of ether oxygens (including phenoxy) is 2. The quantitative estimate of drug-likeness (QED) is 0.497. The molecule has 0 aliphatic carbocycles. The highest BCUT2D eigenvalue weighted by atomic mass is 16.7. The van der Waals surface area contributed by atoms with Crippen LogP contribution in [-0.2, 0) is 19.1 Å². The van der Waals surface area contributed by atoms with Gasteiger partial charge in [0.25, 0.3) is 5.79 Å². The van der Waals surface area contributed by atoms with Gasteiger partial charge in [0.05, 0.1) is 0 Å². The van der Waals surface area contributed by atoms with E-state index < -0.39 is 17.7 Å². The number of hydrogen-bond donors (Lipinski definition) is 1. The molecular weight excluding hydrogens is 270 g/mol. The van der Waals surface area contributed by atoms with Gasteiger partial charge in [0, 0.05) is 30.4 Å². The lowest BCUT2D eigenvalue weighted by atomic mass is 10.1. The first kappa shape index (κ1) is 13.4. The van der Waals surface area contributed by atoms with Crippen LogP contribution in [0.4, 0.5) is 0 Å². The number of H-pyrrole nitrogens is 1. The molecule has 0 spiro atoms. The number of carbonyl (C=O) groups excluding carboxylic acids is 2. The van der Waals surface area contributed by atoms with Gasteiger partial charge in [-0.25, -0.2) is 9.59 Å². The monoisotopic (exact) mass is 285 g/mol. The molecule has 21 heavy (non-hydrogen) atoms. The Morgan fingerprint density at radius 3 is 2.48 bits per heavy atom. The molecule has 0 bridgehead atoms. The number of carbonyl (C=O) groups is 2. The van der Waals surface area contributed by atoms with Crippen molar-refractivity contribution < 1.29 is 19.1 Å². The first-order valence-corrected chi connectivity index (χ1v) is 6.62. The summed E-state index contributed by atoms with van der Waals surface area (Å²) in [6, 6.07) is 7.59. The van der Waals surface area contributed by atoms with Crippen molar-refractivity contribution in [2.45, 2.75) is 26.6 Å². The topological polar surface area (TPSA) is 68.4 Å². The zero-order valence-corrected chi connectivity index (χ0v) is 12.0. The summed E-state index contributed by atoms with van der Waals surface area (Å²) in [5, 5.41) is 0.938. The van der Waals surface area contributed by atoms with Crippen molar-refractivity contribution in [2.24, 2.45) is 0 Å². The van der Waals surface area contributed by atoms with Crippen molar-refractivity contribution in [3.05, 3.63) is 41.1 Å². The lowest BCUT2D eigenvalue weighted by Crippen LogP contribution is -2.41. The van der Waals surface area contributed by atoms with Crippen LogP contribution in [0.25, 0.3) is 17.0 Å². The van der Waals surface area contributed by atoms with Gasteiger partial charge in [0.2, 0.25) is 0 Å². The van der Waals surface area contributed by atoms with Crippen LogP contribution in [0.3, 0.4) is 0 Å². The summed E-state index contributed by atoms with van der Waals surface area (Å²) < 4.78 is 10.2. The third-order valence-electron chi connectivity index (χ3n) is 3.25. The number of rotatable bonds is 1.